The molecule has 0 aliphatic carbocycles. The SMILES string of the molecule is CCC(C)c1ccccc1OC(=O)c1cc(-c2ccccc2)nc2c(C)cc(C)cc12. The Hall–Kier alpha value is -3.46. The average Bonchev–Trinajstić information content (AvgIpc) is 2.79. The van der Waals surface area contributed by atoms with Crippen LogP contribution in [0.25, 0.3) is 22.2 Å². The largest absolute Gasteiger partial charge is 0.423 e. The van der Waals surface area contributed by atoms with Crippen molar-refractivity contribution in [2.75, 3.05) is 0 Å². The maximum absolute atomic E-state index is 13.4. The summed E-state index contributed by atoms with van der Waals surface area (Å²) in [7, 11) is 0. The van der Waals surface area contributed by atoms with E-state index in [2.05, 4.69) is 19.9 Å². The molecule has 0 aliphatic rings. The molecule has 0 spiro atoms. The Morgan fingerprint density at radius 1 is 0.968 bits per heavy atom. The quantitative estimate of drug-likeness (QED) is 0.257. The zero-order valence-corrected chi connectivity index (χ0v) is 18.5. The standard InChI is InChI=1S/C28H27NO2/c1-5-19(3)22-13-9-10-14-26(22)31-28(30)24-17-25(21-11-7-6-8-12-21)29-27-20(4)15-18(2)16-23(24)27/h6-17,19H,5H2,1-4H3. The maximum atomic E-state index is 13.4. The fourth-order valence-electron chi connectivity index (χ4n) is 3.96. The zero-order valence-electron chi connectivity index (χ0n) is 18.5. The Labute approximate surface area is 183 Å². The first kappa shape index (κ1) is 20.8. The van der Waals surface area contributed by atoms with Gasteiger partial charge < -0.3 is 4.74 Å². The minimum Gasteiger partial charge on any atom is -0.423 e. The molecule has 3 heteroatoms. The Kier molecular flexibility index (Phi) is 5.85. The third kappa shape index (κ3) is 4.22. The summed E-state index contributed by atoms with van der Waals surface area (Å²) in [6, 6.07) is 23.7. The molecule has 0 bridgehead atoms. The molecule has 1 aromatic heterocycles. The summed E-state index contributed by atoms with van der Waals surface area (Å²) >= 11 is 0. The van der Waals surface area contributed by atoms with Crippen LogP contribution in [0.5, 0.6) is 5.75 Å². The van der Waals surface area contributed by atoms with Crippen molar-refractivity contribution in [3.05, 3.63) is 95.1 Å². The van der Waals surface area contributed by atoms with Gasteiger partial charge in [0.2, 0.25) is 0 Å². The number of nitrogens with zero attached hydrogens (tertiary/aromatic N) is 1. The second-order valence-corrected chi connectivity index (χ2v) is 8.14. The highest BCUT2D eigenvalue weighted by atomic mass is 16.5. The van der Waals surface area contributed by atoms with Gasteiger partial charge in [-0.25, -0.2) is 9.78 Å². The smallest absolute Gasteiger partial charge is 0.344 e. The number of esters is 1. The van der Waals surface area contributed by atoms with Crippen LogP contribution in [-0.4, -0.2) is 11.0 Å². The van der Waals surface area contributed by atoms with Crippen LogP contribution in [0.15, 0.2) is 72.8 Å². The molecule has 3 aromatic carbocycles. The Morgan fingerprint density at radius 3 is 2.42 bits per heavy atom. The van der Waals surface area contributed by atoms with Crippen molar-refractivity contribution in [3.8, 4) is 17.0 Å². The minimum absolute atomic E-state index is 0.308. The second kappa shape index (κ2) is 8.73. The van der Waals surface area contributed by atoms with E-state index in [9.17, 15) is 4.79 Å². The van der Waals surface area contributed by atoms with Gasteiger partial charge in [0.15, 0.2) is 0 Å². The normalized spacial score (nSPS) is 12.0. The lowest BCUT2D eigenvalue weighted by Crippen LogP contribution is -2.12. The molecule has 1 unspecified atom stereocenters. The Morgan fingerprint density at radius 2 is 1.68 bits per heavy atom. The van der Waals surface area contributed by atoms with Gasteiger partial charge in [0.05, 0.1) is 16.8 Å². The molecule has 0 amide bonds. The first-order valence-corrected chi connectivity index (χ1v) is 10.8. The third-order valence-corrected chi connectivity index (χ3v) is 5.80. The number of aryl methyl sites for hydroxylation is 2. The van der Waals surface area contributed by atoms with Crippen LogP contribution in [0.2, 0.25) is 0 Å². The number of hydrogen-bond acceptors (Lipinski definition) is 3. The lowest BCUT2D eigenvalue weighted by Gasteiger charge is -2.16. The number of aromatic nitrogens is 1. The molecule has 1 atom stereocenters. The molecular formula is C28H27NO2. The number of pyridine rings is 1. The molecular weight excluding hydrogens is 382 g/mol. The van der Waals surface area contributed by atoms with Gasteiger partial charge in [-0.1, -0.05) is 74.0 Å². The van der Waals surface area contributed by atoms with Gasteiger partial charge in [-0.2, -0.15) is 0 Å². The van der Waals surface area contributed by atoms with E-state index in [1.807, 2.05) is 80.6 Å². The molecule has 0 saturated carbocycles. The van der Waals surface area contributed by atoms with E-state index in [4.69, 9.17) is 9.72 Å². The minimum atomic E-state index is -0.356. The Balaban J connectivity index is 1.86. The number of benzene rings is 3. The summed E-state index contributed by atoms with van der Waals surface area (Å²) in [5.74, 6) is 0.574. The zero-order chi connectivity index (χ0) is 22.0. The van der Waals surface area contributed by atoms with Gasteiger partial charge in [0.1, 0.15) is 5.75 Å². The van der Waals surface area contributed by atoms with E-state index in [1.165, 1.54) is 0 Å². The summed E-state index contributed by atoms with van der Waals surface area (Å²) in [4.78, 5) is 18.3. The van der Waals surface area contributed by atoms with Crippen molar-refractivity contribution in [3.63, 3.8) is 0 Å². The predicted molar refractivity (Wildman–Crippen MR) is 127 cm³/mol. The van der Waals surface area contributed by atoms with Crippen LogP contribution in [0.1, 0.15) is 53.2 Å². The number of fused-ring (bicyclic) bond motifs is 1. The molecule has 0 aliphatic heterocycles. The van der Waals surface area contributed by atoms with Gasteiger partial charge in [-0.3, -0.25) is 0 Å². The molecule has 1 heterocycles. The first-order chi connectivity index (χ1) is 15.0. The fraction of sp³-hybridized carbons (Fsp3) is 0.214. The number of rotatable bonds is 5. The number of carbonyl (C=O) groups is 1. The molecule has 4 rings (SSSR count). The van der Waals surface area contributed by atoms with Crippen molar-refractivity contribution in [2.24, 2.45) is 0 Å². The molecule has 3 nitrogen and oxygen atoms in total. The number of carbonyl (C=O) groups excluding carboxylic acids is 1. The highest BCUT2D eigenvalue weighted by molar-refractivity contribution is 6.06. The summed E-state index contributed by atoms with van der Waals surface area (Å²) < 4.78 is 5.97. The van der Waals surface area contributed by atoms with E-state index in [0.717, 1.165) is 45.3 Å². The van der Waals surface area contributed by atoms with Crippen molar-refractivity contribution in [2.45, 2.75) is 40.0 Å². The first-order valence-electron chi connectivity index (χ1n) is 10.8. The Bertz CT molecular complexity index is 1240. The summed E-state index contributed by atoms with van der Waals surface area (Å²) in [6.07, 6.45) is 0.975. The average molecular weight is 410 g/mol. The van der Waals surface area contributed by atoms with Crippen LogP contribution in [0.4, 0.5) is 0 Å². The molecule has 156 valence electrons. The van der Waals surface area contributed by atoms with Crippen molar-refractivity contribution >= 4 is 16.9 Å². The van der Waals surface area contributed by atoms with Crippen LogP contribution >= 0.6 is 0 Å². The molecule has 0 fully saturated rings. The number of hydrogen-bond donors (Lipinski definition) is 0. The summed E-state index contributed by atoms with van der Waals surface area (Å²) in [6.45, 7) is 8.35. The van der Waals surface area contributed by atoms with Crippen molar-refractivity contribution < 1.29 is 9.53 Å². The van der Waals surface area contributed by atoms with Crippen molar-refractivity contribution in [1.82, 2.24) is 4.98 Å². The van der Waals surface area contributed by atoms with Crippen molar-refractivity contribution in [1.29, 1.82) is 0 Å². The molecule has 0 N–H and O–H groups in total. The van der Waals surface area contributed by atoms with Crippen LogP contribution < -0.4 is 4.74 Å². The van der Waals surface area contributed by atoms with E-state index in [1.54, 1.807) is 0 Å². The third-order valence-electron chi connectivity index (χ3n) is 5.80. The predicted octanol–water partition coefficient (Wildman–Crippen LogP) is 7.25. The fourth-order valence-corrected chi connectivity index (χ4v) is 3.96. The van der Waals surface area contributed by atoms with Crippen LogP contribution in [-0.2, 0) is 0 Å². The highest BCUT2D eigenvalue weighted by Gasteiger charge is 2.19. The summed E-state index contributed by atoms with van der Waals surface area (Å²) in [5.41, 5.74) is 6.28. The highest BCUT2D eigenvalue weighted by Crippen LogP contribution is 2.32. The molecule has 0 saturated heterocycles. The molecule has 4 aromatic rings. The van der Waals surface area contributed by atoms with Gasteiger partial charge in [-0.05, 0) is 55.5 Å². The summed E-state index contributed by atoms with van der Waals surface area (Å²) in [5, 5.41) is 0.822. The van der Waals surface area contributed by atoms with Gasteiger partial charge in [-0.15, -0.1) is 0 Å². The monoisotopic (exact) mass is 409 g/mol. The van der Waals surface area contributed by atoms with Gasteiger partial charge in [0.25, 0.3) is 0 Å². The maximum Gasteiger partial charge on any atom is 0.344 e. The van der Waals surface area contributed by atoms with Gasteiger partial charge >= 0.3 is 5.97 Å². The van der Waals surface area contributed by atoms with E-state index in [0.29, 0.717) is 17.2 Å². The topological polar surface area (TPSA) is 39.2 Å². The lowest BCUT2D eigenvalue weighted by atomic mass is 9.97. The van der Waals surface area contributed by atoms with Gasteiger partial charge in [0, 0.05) is 10.9 Å². The van der Waals surface area contributed by atoms with Crippen LogP contribution in [0, 0.1) is 13.8 Å². The molecule has 31 heavy (non-hydrogen) atoms. The second-order valence-electron chi connectivity index (χ2n) is 8.14. The van der Waals surface area contributed by atoms with Crippen LogP contribution in [0.3, 0.4) is 0 Å². The van der Waals surface area contributed by atoms with E-state index in [-0.39, 0.29) is 5.97 Å². The van der Waals surface area contributed by atoms with E-state index >= 15 is 0 Å². The van der Waals surface area contributed by atoms with E-state index < -0.39 is 0 Å². The number of para-hydroxylation sites is 1. The number of ether oxygens (including phenoxy) is 1. The molecule has 0 radical (unpaired) electrons. The lowest BCUT2D eigenvalue weighted by molar-refractivity contribution is 0.0734.